The summed E-state index contributed by atoms with van der Waals surface area (Å²) in [6.07, 6.45) is 0.843. The van der Waals surface area contributed by atoms with E-state index >= 15 is 0 Å². The Labute approximate surface area is 201 Å². The van der Waals surface area contributed by atoms with Gasteiger partial charge in [0, 0.05) is 6.54 Å². The van der Waals surface area contributed by atoms with Crippen LogP contribution in [0.4, 0.5) is 5.69 Å². The fraction of sp³-hybridized carbons (Fsp3) is 0.296. The first kappa shape index (κ1) is 23.8. The van der Waals surface area contributed by atoms with Gasteiger partial charge < -0.3 is 10.1 Å². The molecule has 1 aliphatic heterocycles. The summed E-state index contributed by atoms with van der Waals surface area (Å²) in [5, 5.41) is 2.96. The maximum absolute atomic E-state index is 13.4. The van der Waals surface area contributed by atoms with Gasteiger partial charge in [-0.15, -0.1) is 0 Å². The van der Waals surface area contributed by atoms with Gasteiger partial charge in [0.1, 0.15) is 5.75 Å². The van der Waals surface area contributed by atoms with Crippen LogP contribution in [0.1, 0.15) is 36.1 Å². The van der Waals surface area contributed by atoms with Crippen molar-refractivity contribution in [2.75, 3.05) is 10.8 Å². The molecule has 0 aliphatic carbocycles. The molecule has 0 fully saturated rings. The summed E-state index contributed by atoms with van der Waals surface area (Å²) in [5.41, 5.74) is 4.60. The van der Waals surface area contributed by atoms with Crippen molar-refractivity contribution in [3.8, 4) is 5.75 Å². The van der Waals surface area contributed by atoms with Gasteiger partial charge in [-0.25, -0.2) is 8.42 Å². The molecular weight excluding hydrogens is 448 g/mol. The lowest BCUT2D eigenvalue weighted by molar-refractivity contribution is -0.127. The van der Waals surface area contributed by atoms with Crippen LogP contribution < -0.4 is 14.4 Å². The summed E-state index contributed by atoms with van der Waals surface area (Å²) in [6.45, 7) is 4.48. The van der Waals surface area contributed by atoms with Gasteiger partial charge in [0.15, 0.2) is 6.10 Å². The van der Waals surface area contributed by atoms with Crippen LogP contribution in [0.15, 0.2) is 72.8 Å². The number of nitrogens with zero attached hydrogens (tertiary/aromatic N) is 1. The van der Waals surface area contributed by atoms with E-state index in [4.69, 9.17) is 4.74 Å². The lowest BCUT2D eigenvalue weighted by atomic mass is 10.0. The van der Waals surface area contributed by atoms with Crippen LogP contribution in [0, 0.1) is 0 Å². The lowest BCUT2D eigenvalue weighted by Gasteiger charge is -2.34. The summed E-state index contributed by atoms with van der Waals surface area (Å²) in [6, 6.07) is 22.3. The molecule has 3 aromatic carbocycles. The Bertz CT molecular complexity index is 1260. The van der Waals surface area contributed by atoms with E-state index in [2.05, 4.69) is 37.4 Å². The number of hydrogen-bond donors (Lipinski definition) is 1. The molecule has 6 nitrogen and oxygen atoms in total. The van der Waals surface area contributed by atoms with E-state index in [0.29, 0.717) is 23.5 Å². The maximum Gasteiger partial charge on any atom is 0.263 e. The molecule has 0 saturated carbocycles. The summed E-state index contributed by atoms with van der Waals surface area (Å²) >= 11 is 0. The first-order chi connectivity index (χ1) is 16.4. The Morgan fingerprint density at radius 2 is 1.68 bits per heavy atom. The maximum atomic E-state index is 13.4. The largest absolute Gasteiger partial charge is 0.476 e. The molecule has 178 valence electrons. The molecule has 1 amide bonds. The highest BCUT2D eigenvalue weighted by Crippen LogP contribution is 2.35. The number of anilines is 1. The monoisotopic (exact) mass is 478 g/mol. The van der Waals surface area contributed by atoms with Gasteiger partial charge in [0.25, 0.3) is 5.91 Å². The van der Waals surface area contributed by atoms with Crippen molar-refractivity contribution in [1.29, 1.82) is 0 Å². The van der Waals surface area contributed by atoms with Gasteiger partial charge in [-0.2, -0.15) is 0 Å². The molecule has 1 heterocycles. The van der Waals surface area contributed by atoms with Crippen LogP contribution in [0.5, 0.6) is 5.75 Å². The Morgan fingerprint density at radius 1 is 0.941 bits per heavy atom. The van der Waals surface area contributed by atoms with Crippen molar-refractivity contribution >= 4 is 21.6 Å². The highest BCUT2D eigenvalue weighted by atomic mass is 32.2. The van der Waals surface area contributed by atoms with E-state index in [1.54, 1.807) is 36.4 Å². The molecule has 0 bridgehead atoms. The molecule has 1 aliphatic rings. The van der Waals surface area contributed by atoms with E-state index in [9.17, 15) is 13.2 Å². The molecule has 0 aromatic heterocycles. The topological polar surface area (TPSA) is 75.7 Å². The SMILES string of the molecule is CCc1ccc(CC)c(CNC(=O)[C@H]2CN(S(=O)(=O)Cc3ccccc3)c3ccccc3O2)c1. The van der Waals surface area contributed by atoms with Crippen LogP contribution in [-0.4, -0.2) is 27.0 Å². The van der Waals surface area contributed by atoms with Gasteiger partial charge in [-0.05, 0) is 47.2 Å². The lowest BCUT2D eigenvalue weighted by Crippen LogP contribution is -2.50. The zero-order valence-electron chi connectivity index (χ0n) is 19.5. The Hall–Kier alpha value is -3.32. The number of para-hydroxylation sites is 2. The van der Waals surface area contributed by atoms with Gasteiger partial charge >= 0.3 is 0 Å². The standard InChI is InChI=1S/C27H30N2O4S/c1-3-20-14-15-22(4-2)23(16-20)17-28-27(30)26-18-29(24-12-8-9-13-25(24)33-26)34(31,32)19-21-10-6-5-7-11-21/h5-16,26H,3-4,17-19H2,1-2H3,(H,28,30)/t26-/m1/s1. The molecule has 1 atom stereocenters. The number of ether oxygens (including phenoxy) is 1. The molecule has 0 unspecified atom stereocenters. The fourth-order valence-electron chi connectivity index (χ4n) is 4.17. The number of fused-ring (bicyclic) bond motifs is 1. The number of hydrogen-bond acceptors (Lipinski definition) is 4. The molecule has 0 radical (unpaired) electrons. The molecule has 1 N–H and O–H groups in total. The Kier molecular flexibility index (Phi) is 7.22. The third kappa shape index (κ3) is 5.25. The molecule has 0 saturated heterocycles. The Balaban J connectivity index is 1.54. The second kappa shape index (κ2) is 10.3. The third-order valence-electron chi connectivity index (χ3n) is 6.07. The van der Waals surface area contributed by atoms with Crippen LogP contribution in [0.2, 0.25) is 0 Å². The van der Waals surface area contributed by atoms with Gasteiger partial charge in [0.05, 0.1) is 18.0 Å². The van der Waals surface area contributed by atoms with Crippen molar-refractivity contribution in [2.24, 2.45) is 0 Å². The highest BCUT2D eigenvalue weighted by molar-refractivity contribution is 7.92. The zero-order valence-corrected chi connectivity index (χ0v) is 20.3. The van der Waals surface area contributed by atoms with Gasteiger partial charge in [0.2, 0.25) is 10.0 Å². The van der Waals surface area contributed by atoms with E-state index in [0.717, 1.165) is 18.4 Å². The van der Waals surface area contributed by atoms with Crippen molar-refractivity contribution < 1.29 is 17.9 Å². The second-order valence-electron chi connectivity index (χ2n) is 8.38. The average Bonchev–Trinajstić information content (AvgIpc) is 2.86. The number of carbonyl (C=O) groups is 1. The first-order valence-electron chi connectivity index (χ1n) is 11.6. The number of aryl methyl sites for hydroxylation is 2. The number of sulfonamides is 1. The van der Waals surface area contributed by atoms with Crippen LogP contribution in [0.25, 0.3) is 0 Å². The predicted molar refractivity (Wildman–Crippen MR) is 134 cm³/mol. The average molecular weight is 479 g/mol. The molecule has 4 rings (SSSR count). The van der Waals surface area contributed by atoms with Crippen molar-refractivity contribution in [2.45, 2.75) is 45.1 Å². The van der Waals surface area contributed by atoms with Crippen molar-refractivity contribution in [3.05, 3.63) is 95.1 Å². The summed E-state index contributed by atoms with van der Waals surface area (Å²) < 4.78 is 34.0. The smallest absolute Gasteiger partial charge is 0.263 e. The van der Waals surface area contributed by atoms with E-state index in [-0.39, 0.29) is 18.2 Å². The van der Waals surface area contributed by atoms with Crippen LogP contribution in [0.3, 0.4) is 0 Å². The minimum Gasteiger partial charge on any atom is -0.476 e. The highest BCUT2D eigenvalue weighted by Gasteiger charge is 2.36. The van der Waals surface area contributed by atoms with Crippen LogP contribution >= 0.6 is 0 Å². The van der Waals surface area contributed by atoms with E-state index in [1.165, 1.54) is 15.4 Å². The van der Waals surface area contributed by atoms with Gasteiger partial charge in [-0.3, -0.25) is 9.10 Å². The predicted octanol–water partition coefficient (Wildman–Crippen LogP) is 4.23. The molecule has 0 spiro atoms. The quantitative estimate of drug-likeness (QED) is 0.526. The number of carbonyl (C=O) groups excluding carboxylic acids is 1. The molecule has 3 aromatic rings. The number of nitrogens with one attached hydrogen (secondary N) is 1. The molecular formula is C27H30N2O4S. The van der Waals surface area contributed by atoms with Crippen molar-refractivity contribution in [1.82, 2.24) is 5.32 Å². The third-order valence-corrected chi connectivity index (χ3v) is 7.78. The van der Waals surface area contributed by atoms with Gasteiger partial charge in [-0.1, -0.05) is 74.5 Å². The number of benzene rings is 3. The van der Waals surface area contributed by atoms with Crippen LogP contribution in [-0.2, 0) is 40.0 Å². The summed E-state index contributed by atoms with van der Waals surface area (Å²) in [5.74, 6) is -0.105. The summed E-state index contributed by atoms with van der Waals surface area (Å²) in [7, 11) is -3.73. The Morgan fingerprint density at radius 3 is 2.41 bits per heavy atom. The molecule has 7 heteroatoms. The number of amides is 1. The minimum atomic E-state index is -3.73. The van der Waals surface area contributed by atoms with E-state index < -0.39 is 16.1 Å². The van der Waals surface area contributed by atoms with E-state index in [1.807, 2.05) is 18.2 Å². The minimum absolute atomic E-state index is 0.0757. The zero-order chi connectivity index (χ0) is 24.1. The fourth-order valence-corrected chi connectivity index (χ4v) is 5.75. The normalized spacial score (nSPS) is 15.4. The first-order valence-corrected chi connectivity index (χ1v) is 13.2. The summed E-state index contributed by atoms with van der Waals surface area (Å²) in [4.78, 5) is 13.1. The number of rotatable bonds is 8. The molecule has 34 heavy (non-hydrogen) atoms. The van der Waals surface area contributed by atoms with Crippen molar-refractivity contribution in [3.63, 3.8) is 0 Å². The second-order valence-corrected chi connectivity index (χ2v) is 10.3.